The van der Waals surface area contributed by atoms with Crippen molar-refractivity contribution in [2.45, 2.75) is 26.2 Å². The number of amides is 1. The SMILES string of the molecule is Cc1cc(C)nc(C2CCN(C(=O)c3cnco3)C2)n1. The van der Waals surface area contributed by atoms with Crippen molar-refractivity contribution >= 4 is 5.91 Å². The quantitative estimate of drug-likeness (QED) is 0.832. The van der Waals surface area contributed by atoms with Gasteiger partial charge < -0.3 is 9.32 Å². The van der Waals surface area contributed by atoms with Gasteiger partial charge in [0.25, 0.3) is 5.91 Å². The summed E-state index contributed by atoms with van der Waals surface area (Å²) in [6.45, 7) is 5.25. The first-order valence-electron chi connectivity index (χ1n) is 6.63. The Morgan fingerprint density at radius 3 is 2.75 bits per heavy atom. The Morgan fingerprint density at radius 2 is 2.10 bits per heavy atom. The molecule has 104 valence electrons. The van der Waals surface area contributed by atoms with Crippen LogP contribution in [0.3, 0.4) is 0 Å². The summed E-state index contributed by atoms with van der Waals surface area (Å²) in [7, 11) is 0. The molecule has 1 amide bonds. The minimum absolute atomic E-state index is 0.116. The maximum absolute atomic E-state index is 12.2. The van der Waals surface area contributed by atoms with Crippen molar-refractivity contribution in [3.05, 3.63) is 41.6 Å². The Balaban J connectivity index is 1.75. The third-order valence-corrected chi connectivity index (χ3v) is 3.48. The molecule has 0 aliphatic carbocycles. The summed E-state index contributed by atoms with van der Waals surface area (Å²) in [5.41, 5.74) is 1.93. The molecule has 3 rings (SSSR count). The van der Waals surface area contributed by atoms with E-state index >= 15 is 0 Å². The number of aryl methyl sites for hydroxylation is 2. The van der Waals surface area contributed by atoms with E-state index in [4.69, 9.17) is 4.42 Å². The van der Waals surface area contributed by atoms with Gasteiger partial charge in [-0.2, -0.15) is 0 Å². The second-order valence-corrected chi connectivity index (χ2v) is 5.11. The van der Waals surface area contributed by atoms with Crippen LogP contribution in [0.15, 0.2) is 23.1 Å². The van der Waals surface area contributed by atoms with Crippen LogP contribution in [0.5, 0.6) is 0 Å². The molecule has 1 unspecified atom stereocenters. The Kier molecular flexibility index (Phi) is 3.22. The molecule has 1 saturated heterocycles. The minimum Gasteiger partial charge on any atom is -0.438 e. The lowest BCUT2D eigenvalue weighted by Gasteiger charge is -2.14. The summed E-state index contributed by atoms with van der Waals surface area (Å²) >= 11 is 0. The van der Waals surface area contributed by atoms with Gasteiger partial charge in [-0.3, -0.25) is 4.79 Å². The third-order valence-electron chi connectivity index (χ3n) is 3.48. The van der Waals surface area contributed by atoms with Crippen LogP contribution >= 0.6 is 0 Å². The van der Waals surface area contributed by atoms with Crippen molar-refractivity contribution in [3.63, 3.8) is 0 Å². The first-order chi connectivity index (χ1) is 9.63. The lowest BCUT2D eigenvalue weighted by molar-refractivity contribution is 0.0759. The lowest BCUT2D eigenvalue weighted by atomic mass is 10.1. The molecule has 3 heterocycles. The molecule has 1 aliphatic rings. The van der Waals surface area contributed by atoms with E-state index in [2.05, 4.69) is 15.0 Å². The molecule has 1 atom stereocenters. The molecule has 1 fully saturated rings. The minimum atomic E-state index is -0.116. The van der Waals surface area contributed by atoms with E-state index < -0.39 is 0 Å². The van der Waals surface area contributed by atoms with E-state index in [1.807, 2.05) is 19.9 Å². The number of aromatic nitrogens is 3. The number of carbonyl (C=O) groups is 1. The Labute approximate surface area is 116 Å². The maximum atomic E-state index is 12.2. The number of likely N-dealkylation sites (tertiary alicyclic amines) is 1. The lowest BCUT2D eigenvalue weighted by Crippen LogP contribution is -2.28. The van der Waals surface area contributed by atoms with Gasteiger partial charge >= 0.3 is 0 Å². The van der Waals surface area contributed by atoms with Crippen LogP contribution in [0.25, 0.3) is 0 Å². The standard InChI is InChI=1S/C14H16N4O2/c1-9-5-10(2)17-13(16-9)11-3-4-18(7-11)14(19)12-6-15-8-20-12/h5-6,8,11H,3-4,7H2,1-2H3. The molecule has 20 heavy (non-hydrogen) atoms. The van der Waals surface area contributed by atoms with Crippen LogP contribution in [0, 0.1) is 13.8 Å². The number of nitrogens with zero attached hydrogens (tertiary/aromatic N) is 4. The highest BCUT2D eigenvalue weighted by atomic mass is 16.3. The predicted octanol–water partition coefficient (Wildman–Crippen LogP) is 1.71. The molecule has 2 aromatic rings. The van der Waals surface area contributed by atoms with Gasteiger partial charge in [0.1, 0.15) is 5.82 Å². The molecule has 0 saturated carbocycles. The smallest absolute Gasteiger partial charge is 0.291 e. The molecule has 0 bridgehead atoms. The largest absolute Gasteiger partial charge is 0.438 e. The predicted molar refractivity (Wildman–Crippen MR) is 71.3 cm³/mol. The van der Waals surface area contributed by atoms with Gasteiger partial charge in [0, 0.05) is 30.4 Å². The number of hydrogen-bond acceptors (Lipinski definition) is 5. The van der Waals surface area contributed by atoms with Crippen molar-refractivity contribution in [3.8, 4) is 0 Å². The van der Waals surface area contributed by atoms with E-state index in [-0.39, 0.29) is 17.6 Å². The summed E-state index contributed by atoms with van der Waals surface area (Å²) in [4.78, 5) is 26.7. The monoisotopic (exact) mass is 272 g/mol. The van der Waals surface area contributed by atoms with Gasteiger partial charge in [-0.25, -0.2) is 15.0 Å². The van der Waals surface area contributed by atoms with Gasteiger partial charge in [0.2, 0.25) is 5.76 Å². The zero-order chi connectivity index (χ0) is 14.1. The van der Waals surface area contributed by atoms with Gasteiger partial charge in [-0.15, -0.1) is 0 Å². The third kappa shape index (κ3) is 2.41. The normalized spacial score (nSPS) is 18.5. The highest BCUT2D eigenvalue weighted by Gasteiger charge is 2.31. The van der Waals surface area contributed by atoms with E-state index in [0.29, 0.717) is 13.1 Å². The summed E-state index contributed by atoms with van der Waals surface area (Å²) in [6.07, 6.45) is 3.60. The number of hydrogen-bond donors (Lipinski definition) is 0. The van der Waals surface area contributed by atoms with Gasteiger partial charge in [0.15, 0.2) is 6.39 Å². The molecule has 1 aliphatic heterocycles. The summed E-state index contributed by atoms with van der Waals surface area (Å²) in [5, 5.41) is 0. The highest BCUT2D eigenvalue weighted by molar-refractivity contribution is 5.91. The number of carbonyl (C=O) groups excluding carboxylic acids is 1. The Hall–Kier alpha value is -2.24. The Bertz CT molecular complexity index is 604. The second-order valence-electron chi connectivity index (χ2n) is 5.11. The van der Waals surface area contributed by atoms with Gasteiger partial charge in [0.05, 0.1) is 6.20 Å². The zero-order valence-electron chi connectivity index (χ0n) is 11.5. The molecule has 6 heteroatoms. The van der Waals surface area contributed by atoms with Crippen LogP contribution in [0.4, 0.5) is 0 Å². The van der Waals surface area contributed by atoms with Crippen molar-refractivity contribution < 1.29 is 9.21 Å². The summed E-state index contributed by atoms with van der Waals surface area (Å²) in [6, 6.07) is 1.95. The fraction of sp³-hybridized carbons (Fsp3) is 0.429. The first-order valence-corrected chi connectivity index (χ1v) is 6.63. The van der Waals surface area contributed by atoms with Crippen molar-refractivity contribution in [1.29, 1.82) is 0 Å². The molecule has 6 nitrogen and oxygen atoms in total. The van der Waals surface area contributed by atoms with Crippen molar-refractivity contribution in [2.75, 3.05) is 13.1 Å². The molecular formula is C14H16N4O2. The van der Waals surface area contributed by atoms with Crippen molar-refractivity contribution in [1.82, 2.24) is 19.9 Å². The van der Waals surface area contributed by atoms with E-state index in [0.717, 1.165) is 23.6 Å². The molecule has 0 N–H and O–H groups in total. The molecule has 2 aromatic heterocycles. The molecular weight excluding hydrogens is 256 g/mol. The van der Waals surface area contributed by atoms with Crippen LogP contribution < -0.4 is 0 Å². The van der Waals surface area contributed by atoms with Crippen LogP contribution in [-0.4, -0.2) is 38.8 Å². The topological polar surface area (TPSA) is 72.1 Å². The average Bonchev–Trinajstić information content (AvgIpc) is 3.09. The fourth-order valence-electron chi connectivity index (χ4n) is 2.57. The fourth-order valence-corrected chi connectivity index (χ4v) is 2.57. The van der Waals surface area contributed by atoms with Gasteiger partial charge in [-0.1, -0.05) is 0 Å². The Morgan fingerprint density at radius 1 is 1.35 bits per heavy atom. The van der Waals surface area contributed by atoms with Crippen molar-refractivity contribution in [2.24, 2.45) is 0 Å². The van der Waals surface area contributed by atoms with E-state index in [1.54, 1.807) is 4.90 Å². The molecule has 0 radical (unpaired) electrons. The van der Waals surface area contributed by atoms with E-state index in [9.17, 15) is 4.79 Å². The number of oxazole rings is 1. The molecule has 0 aromatic carbocycles. The zero-order valence-corrected chi connectivity index (χ0v) is 11.5. The number of rotatable bonds is 2. The van der Waals surface area contributed by atoms with Crippen LogP contribution in [0.2, 0.25) is 0 Å². The summed E-state index contributed by atoms with van der Waals surface area (Å²) < 4.78 is 5.05. The van der Waals surface area contributed by atoms with Gasteiger partial charge in [-0.05, 0) is 26.3 Å². The van der Waals surface area contributed by atoms with E-state index in [1.165, 1.54) is 12.6 Å². The average molecular weight is 272 g/mol. The maximum Gasteiger partial charge on any atom is 0.291 e. The second kappa shape index (κ2) is 5.03. The molecule has 0 spiro atoms. The van der Waals surface area contributed by atoms with Crippen LogP contribution in [-0.2, 0) is 0 Å². The summed E-state index contributed by atoms with van der Waals surface area (Å²) in [5.74, 6) is 1.19. The first kappa shape index (κ1) is 12.8. The highest BCUT2D eigenvalue weighted by Crippen LogP contribution is 2.26. The van der Waals surface area contributed by atoms with Crippen LogP contribution in [0.1, 0.15) is 40.1 Å².